The van der Waals surface area contributed by atoms with Crippen LogP contribution in [-0.2, 0) is 10.0 Å². The second kappa shape index (κ2) is 2.88. The van der Waals surface area contributed by atoms with Crippen LogP contribution in [0.15, 0.2) is 0 Å². The highest BCUT2D eigenvalue weighted by atomic mass is 32.2. The molecule has 1 radical (unpaired) electrons. The third-order valence-electron chi connectivity index (χ3n) is 1.08. The zero-order valence-electron chi connectivity index (χ0n) is 6.80. The van der Waals surface area contributed by atoms with Crippen molar-refractivity contribution in [1.82, 2.24) is 4.72 Å². The third-order valence-corrected chi connectivity index (χ3v) is 3.24. The Balaban J connectivity index is 4.44. The molecule has 0 aliphatic rings. The summed E-state index contributed by atoms with van der Waals surface area (Å²) in [5.41, 5.74) is 0. The molecule has 1 N–H and O–H groups in total. The van der Waals surface area contributed by atoms with Gasteiger partial charge in [0.25, 0.3) is 0 Å². The van der Waals surface area contributed by atoms with Crippen molar-refractivity contribution in [3.63, 3.8) is 0 Å². The van der Waals surface area contributed by atoms with Gasteiger partial charge in [-0.25, -0.2) is 13.1 Å². The Bertz CT molecular complexity index is 188. The number of rotatable bonds is 2. The van der Waals surface area contributed by atoms with E-state index < -0.39 is 14.8 Å². The molecule has 0 amide bonds. The van der Waals surface area contributed by atoms with Crippen LogP contribution in [0.25, 0.3) is 0 Å². The molecule has 0 heterocycles. The first-order chi connectivity index (χ1) is 4.31. The standard InChI is InChI=1S/C6H14NO2S/c1-5-7-10(8,9)6(2,3)4/h5,7H,1-4H3. The van der Waals surface area contributed by atoms with Crippen molar-refractivity contribution in [2.75, 3.05) is 0 Å². The first-order valence-corrected chi connectivity index (χ1v) is 4.59. The van der Waals surface area contributed by atoms with Crippen LogP contribution in [0.1, 0.15) is 27.7 Å². The molecular formula is C6H14NO2S. The molecule has 0 saturated carbocycles. The zero-order chi connectivity index (χ0) is 8.41. The molecule has 0 bridgehead atoms. The lowest BCUT2D eigenvalue weighted by Crippen LogP contribution is -2.37. The fourth-order valence-electron chi connectivity index (χ4n) is 0.332. The summed E-state index contributed by atoms with van der Waals surface area (Å²) in [4.78, 5) is 0. The largest absolute Gasteiger partial charge is 0.216 e. The topological polar surface area (TPSA) is 46.2 Å². The lowest BCUT2D eigenvalue weighted by atomic mass is 10.3. The van der Waals surface area contributed by atoms with E-state index in [1.807, 2.05) is 0 Å². The van der Waals surface area contributed by atoms with Gasteiger partial charge in [-0.2, -0.15) is 0 Å². The Hall–Kier alpha value is -0.0900. The highest BCUT2D eigenvalue weighted by molar-refractivity contribution is 7.90. The molecule has 0 atom stereocenters. The Labute approximate surface area is 62.9 Å². The molecule has 0 rings (SSSR count). The first-order valence-electron chi connectivity index (χ1n) is 3.11. The smallest absolute Gasteiger partial charge is 0.212 e. The monoisotopic (exact) mass is 164 g/mol. The lowest BCUT2D eigenvalue weighted by molar-refractivity contribution is 0.551. The van der Waals surface area contributed by atoms with Crippen LogP contribution in [0.3, 0.4) is 0 Å². The predicted molar refractivity (Wildman–Crippen MR) is 41.8 cm³/mol. The molecule has 0 spiro atoms. The molecule has 4 heteroatoms. The molecule has 0 aromatic heterocycles. The highest BCUT2D eigenvalue weighted by Gasteiger charge is 2.27. The number of hydrogen-bond acceptors (Lipinski definition) is 2. The number of sulfonamides is 1. The van der Waals surface area contributed by atoms with Gasteiger partial charge in [-0.05, 0) is 27.7 Å². The van der Waals surface area contributed by atoms with Gasteiger partial charge in [-0.15, -0.1) is 0 Å². The Morgan fingerprint density at radius 3 is 1.80 bits per heavy atom. The maximum Gasteiger partial charge on any atom is 0.216 e. The molecule has 0 unspecified atom stereocenters. The van der Waals surface area contributed by atoms with Crippen LogP contribution in [0.5, 0.6) is 0 Å². The summed E-state index contributed by atoms with van der Waals surface area (Å²) in [6.45, 7) is 8.01. The third kappa shape index (κ3) is 2.27. The van der Waals surface area contributed by atoms with Gasteiger partial charge in [0.15, 0.2) is 0 Å². The van der Waals surface area contributed by atoms with Crippen molar-refractivity contribution in [2.45, 2.75) is 32.4 Å². The summed E-state index contributed by atoms with van der Waals surface area (Å²) in [5, 5.41) is 0. The summed E-state index contributed by atoms with van der Waals surface area (Å²) >= 11 is 0. The fraction of sp³-hybridized carbons (Fsp3) is 0.833. The van der Waals surface area contributed by atoms with Crippen molar-refractivity contribution >= 4 is 10.0 Å². The van der Waals surface area contributed by atoms with Crippen molar-refractivity contribution in [3.05, 3.63) is 6.54 Å². The van der Waals surface area contributed by atoms with Crippen molar-refractivity contribution < 1.29 is 8.42 Å². The van der Waals surface area contributed by atoms with Gasteiger partial charge < -0.3 is 0 Å². The van der Waals surface area contributed by atoms with Crippen LogP contribution in [0.2, 0.25) is 0 Å². The Morgan fingerprint density at radius 2 is 1.70 bits per heavy atom. The van der Waals surface area contributed by atoms with Crippen molar-refractivity contribution in [2.24, 2.45) is 0 Å². The van der Waals surface area contributed by atoms with E-state index in [9.17, 15) is 8.42 Å². The Kier molecular flexibility index (Phi) is 2.86. The van der Waals surface area contributed by atoms with E-state index in [4.69, 9.17) is 0 Å². The van der Waals surface area contributed by atoms with E-state index >= 15 is 0 Å². The average molecular weight is 164 g/mol. The molecule has 61 valence electrons. The summed E-state index contributed by atoms with van der Waals surface area (Å²) in [7, 11) is -3.15. The zero-order valence-corrected chi connectivity index (χ0v) is 7.62. The number of hydrogen-bond donors (Lipinski definition) is 1. The van der Waals surface area contributed by atoms with E-state index in [0.29, 0.717) is 0 Å². The maximum atomic E-state index is 11.1. The molecule has 0 saturated heterocycles. The molecule has 10 heavy (non-hydrogen) atoms. The SMILES string of the molecule is C[CH]NS(=O)(=O)C(C)(C)C. The van der Waals surface area contributed by atoms with E-state index in [1.54, 1.807) is 27.7 Å². The summed E-state index contributed by atoms with van der Waals surface area (Å²) in [6.07, 6.45) is 0. The quantitative estimate of drug-likeness (QED) is 0.658. The predicted octanol–water partition coefficient (Wildman–Crippen LogP) is 0.886. The minimum absolute atomic E-state index is 0.723. The maximum absolute atomic E-state index is 11.1. The van der Waals surface area contributed by atoms with E-state index in [-0.39, 0.29) is 0 Å². The van der Waals surface area contributed by atoms with Crippen LogP contribution in [0.4, 0.5) is 0 Å². The molecular weight excluding hydrogens is 150 g/mol. The van der Waals surface area contributed by atoms with Gasteiger partial charge >= 0.3 is 0 Å². The van der Waals surface area contributed by atoms with Crippen LogP contribution < -0.4 is 4.72 Å². The van der Waals surface area contributed by atoms with Gasteiger partial charge in [-0.1, -0.05) is 0 Å². The summed E-state index contributed by atoms with van der Waals surface area (Å²) in [5.74, 6) is 0. The van der Waals surface area contributed by atoms with Crippen LogP contribution in [-0.4, -0.2) is 13.2 Å². The van der Waals surface area contributed by atoms with Crippen molar-refractivity contribution in [1.29, 1.82) is 0 Å². The molecule has 0 fully saturated rings. The van der Waals surface area contributed by atoms with Gasteiger partial charge in [0, 0.05) is 6.54 Å². The van der Waals surface area contributed by atoms with Gasteiger partial charge in [0.1, 0.15) is 0 Å². The van der Waals surface area contributed by atoms with Gasteiger partial charge in [-0.3, -0.25) is 0 Å². The Morgan fingerprint density at radius 1 is 1.30 bits per heavy atom. The van der Waals surface area contributed by atoms with E-state index in [1.165, 1.54) is 6.54 Å². The highest BCUT2D eigenvalue weighted by Crippen LogP contribution is 2.12. The molecule has 0 aromatic rings. The fourth-order valence-corrected chi connectivity index (χ4v) is 0.996. The van der Waals surface area contributed by atoms with Crippen LogP contribution in [0, 0.1) is 6.54 Å². The van der Waals surface area contributed by atoms with Crippen LogP contribution >= 0.6 is 0 Å². The average Bonchev–Trinajstić information content (AvgIpc) is 1.61. The minimum atomic E-state index is -3.15. The second-order valence-corrected chi connectivity index (χ2v) is 5.49. The van der Waals surface area contributed by atoms with E-state index in [0.717, 1.165) is 0 Å². The normalized spacial score (nSPS) is 13.6. The molecule has 0 aliphatic carbocycles. The molecule has 0 aliphatic heterocycles. The first kappa shape index (κ1) is 9.91. The van der Waals surface area contributed by atoms with E-state index in [2.05, 4.69) is 4.72 Å². The van der Waals surface area contributed by atoms with Crippen molar-refractivity contribution in [3.8, 4) is 0 Å². The minimum Gasteiger partial charge on any atom is -0.212 e. The summed E-state index contributed by atoms with van der Waals surface area (Å²) in [6, 6.07) is 0. The molecule has 3 nitrogen and oxygen atoms in total. The second-order valence-electron chi connectivity index (χ2n) is 3.02. The summed E-state index contributed by atoms with van der Waals surface area (Å²) < 4.78 is 23.8. The van der Waals surface area contributed by atoms with Gasteiger partial charge in [0.2, 0.25) is 10.0 Å². The lowest BCUT2D eigenvalue weighted by Gasteiger charge is -2.18. The number of nitrogens with one attached hydrogen (secondary N) is 1. The molecule has 0 aromatic carbocycles. The van der Waals surface area contributed by atoms with Gasteiger partial charge in [0.05, 0.1) is 4.75 Å².